The first-order valence-corrected chi connectivity index (χ1v) is 12.7. The number of fused-ring (bicyclic) bond motifs is 1. The molecule has 4 rings (SSSR count). The maximum atomic E-state index is 13.4. The molecule has 0 aliphatic heterocycles. The molecule has 0 saturated carbocycles. The van der Waals surface area contributed by atoms with Crippen molar-refractivity contribution in [1.29, 1.82) is 0 Å². The van der Waals surface area contributed by atoms with E-state index in [1.807, 2.05) is 72.8 Å². The van der Waals surface area contributed by atoms with Gasteiger partial charge in [0, 0.05) is 22.1 Å². The van der Waals surface area contributed by atoms with E-state index in [9.17, 15) is 13.2 Å². The number of benzene rings is 4. The van der Waals surface area contributed by atoms with Gasteiger partial charge in [-0.1, -0.05) is 82.7 Å². The Morgan fingerprint density at radius 3 is 2.24 bits per heavy atom. The number of hydrogen-bond donors (Lipinski definition) is 1. The van der Waals surface area contributed by atoms with Crippen LogP contribution in [0.1, 0.15) is 5.56 Å². The molecule has 0 heterocycles. The summed E-state index contributed by atoms with van der Waals surface area (Å²) in [5.41, 5.74) is 1.66. The molecule has 0 fully saturated rings. The fraction of sp³-hybridized carbons (Fsp3) is 0.115. The van der Waals surface area contributed by atoms with Gasteiger partial charge in [-0.3, -0.25) is 4.79 Å². The Kier molecular flexibility index (Phi) is 7.23. The largest absolute Gasteiger partial charge is 0.324 e. The van der Waals surface area contributed by atoms with E-state index in [2.05, 4.69) is 21.2 Å². The minimum Gasteiger partial charge on any atom is -0.324 e. The average Bonchev–Trinajstić information content (AvgIpc) is 2.83. The molecule has 0 unspecified atom stereocenters. The number of carbonyl (C=O) groups excluding carboxylic acids is 1. The number of nitrogens with zero attached hydrogens (tertiary/aromatic N) is 1. The number of sulfonamides is 1. The first-order chi connectivity index (χ1) is 15.9. The van der Waals surface area contributed by atoms with Crippen molar-refractivity contribution < 1.29 is 13.2 Å². The summed E-state index contributed by atoms with van der Waals surface area (Å²) >= 11 is 3.34. The van der Waals surface area contributed by atoms with E-state index in [1.165, 1.54) is 16.4 Å². The van der Waals surface area contributed by atoms with Gasteiger partial charge < -0.3 is 5.32 Å². The zero-order valence-corrected chi connectivity index (χ0v) is 20.2. The number of carbonyl (C=O) groups is 1. The van der Waals surface area contributed by atoms with E-state index in [1.54, 1.807) is 12.1 Å². The summed E-state index contributed by atoms with van der Waals surface area (Å²) in [4.78, 5) is 13.1. The van der Waals surface area contributed by atoms with Crippen molar-refractivity contribution in [2.45, 2.75) is 11.3 Å². The van der Waals surface area contributed by atoms with Crippen LogP contribution in [0.5, 0.6) is 0 Å². The van der Waals surface area contributed by atoms with E-state index in [0.717, 1.165) is 20.8 Å². The standard InChI is InChI=1S/C26H23BrN2O3S/c27-22-13-15-23(16-14-22)33(31,32)29(18-17-20-7-2-1-3-8-20)19-26(30)28-25-12-6-10-21-9-4-5-11-24(21)25/h1-16H,17-19H2,(H,28,30). The Bertz CT molecular complexity index is 1350. The minimum absolute atomic E-state index is 0.150. The fourth-order valence-corrected chi connectivity index (χ4v) is 5.28. The third-order valence-corrected chi connectivity index (χ3v) is 7.72. The lowest BCUT2D eigenvalue weighted by Crippen LogP contribution is -2.39. The molecule has 1 amide bonds. The average molecular weight is 523 g/mol. The molecule has 168 valence electrons. The molecule has 0 aliphatic rings. The first-order valence-electron chi connectivity index (χ1n) is 10.5. The summed E-state index contributed by atoms with van der Waals surface area (Å²) in [6.07, 6.45) is 0.498. The zero-order chi connectivity index (χ0) is 23.3. The lowest BCUT2D eigenvalue weighted by atomic mass is 10.1. The van der Waals surface area contributed by atoms with Crippen LogP contribution in [-0.2, 0) is 21.2 Å². The van der Waals surface area contributed by atoms with Crippen LogP contribution in [-0.4, -0.2) is 31.7 Å². The topological polar surface area (TPSA) is 66.5 Å². The van der Waals surface area contributed by atoms with Crippen molar-refractivity contribution in [3.8, 4) is 0 Å². The van der Waals surface area contributed by atoms with Gasteiger partial charge >= 0.3 is 0 Å². The van der Waals surface area contributed by atoms with Gasteiger partial charge in [0.1, 0.15) is 0 Å². The molecule has 0 aromatic heterocycles. The highest BCUT2D eigenvalue weighted by molar-refractivity contribution is 9.10. The van der Waals surface area contributed by atoms with Crippen molar-refractivity contribution >= 4 is 48.3 Å². The summed E-state index contributed by atoms with van der Waals surface area (Å²) in [6, 6.07) is 29.4. The van der Waals surface area contributed by atoms with Crippen LogP contribution in [0.25, 0.3) is 10.8 Å². The van der Waals surface area contributed by atoms with Crippen LogP contribution in [0.15, 0.2) is 106 Å². The molecule has 0 atom stereocenters. The number of anilines is 1. The maximum Gasteiger partial charge on any atom is 0.243 e. The molecule has 0 bridgehead atoms. The van der Waals surface area contributed by atoms with Crippen molar-refractivity contribution in [3.63, 3.8) is 0 Å². The fourth-order valence-electron chi connectivity index (χ4n) is 3.62. The summed E-state index contributed by atoms with van der Waals surface area (Å²) < 4.78 is 28.8. The molecule has 33 heavy (non-hydrogen) atoms. The normalized spacial score (nSPS) is 11.6. The maximum absolute atomic E-state index is 13.4. The number of nitrogens with one attached hydrogen (secondary N) is 1. The molecule has 0 aliphatic carbocycles. The number of hydrogen-bond acceptors (Lipinski definition) is 3. The zero-order valence-electron chi connectivity index (χ0n) is 17.8. The predicted molar refractivity (Wildman–Crippen MR) is 136 cm³/mol. The lowest BCUT2D eigenvalue weighted by molar-refractivity contribution is -0.116. The van der Waals surface area contributed by atoms with Crippen LogP contribution in [0, 0.1) is 0 Å². The molecular weight excluding hydrogens is 500 g/mol. The Labute approximate surface area is 202 Å². The SMILES string of the molecule is O=C(CN(CCc1ccccc1)S(=O)(=O)c1ccc(Br)cc1)Nc1cccc2ccccc12. The van der Waals surface area contributed by atoms with Gasteiger partial charge in [0.25, 0.3) is 0 Å². The van der Waals surface area contributed by atoms with Gasteiger partial charge in [-0.25, -0.2) is 8.42 Å². The molecule has 0 saturated heterocycles. The monoisotopic (exact) mass is 522 g/mol. The molecule has 1 N–H and O–H groups in total. The second-order valence-electron chi connectivity index (χ2n) is 7.60. The van der Waals surface area contributed by atoms with E-state index in [-0.39, 0.29) is 23.9 Å². The van der Waals surface area contributed by atoms with Gasteiger partial charge in [-0.05, 0) is 47.7 Å². The Balaban J connectivity index is 1.58. The van der Waals surface area contributed by atoms with Crippen LogP contribution in [0.4, 0.5) is 5.69 Å². The number of amides is 1. The van der Waals surface area contributed by atoms with Gasteiger partial charge in [-0.15, -0.1) is 0 Å². The summed E-state index contributed by atoms with van der Waals surface area (Å²) in [7, 11) is -3.87. The van der Waals surface area contributed by atoms with Crippen LogP contribution in [0.2, 0.25) is 0 Å². The Morgan fingerprint density at radius 1 is 0.818 bits per heavy atom. The summed E-state index contributed by atoms with van der Waals surface area (Å²) in [5, 5.41) is 4.80. The van der Waals surface area contributed by atoms with Gasteiger partial charge in [0.15, 0.2) is 0 Å². The smallest absolute Gasteiger partial charge is 0.243 e. The van der Waals surface area contributed by atoms with Crippen molar-refractivity contribution in [2.24, 2.45) is 0 Å². The van der Waals surface area contributed by atoms with Crippen LogP contribution >= 0.6 is 15.9 Å². The Hall–Kier alpha value is -3.00. The van der Waals surface area contributed by atoms with E-state index in [0.29, 0.717) is 12.1 Å². The first kappa shape index (κ1) is 23.2. The van der Waals surface area contributed by atoms with Crippen molar-refractivity contribution in [1.82, 2.24) is 4.31 Å². The highest BCUT2D eigenvalue weighted by Gasteiger charge is 2.26. The van der Waals surface area contributed by atoms with E-state index in [4.69, 9.17) is 0 Å². The minimum atomic E-state index is -3.87. The van der Waals surface area contributed by atoms with E-state index >= 15 is 0 Å². The van der Waals surface area contributed by atoms with Gasteiger partial charge in [-0.2, -0.15) is 4.31 Å². The van der Waals surface area contributed by atoms with Crippen molar-refractivity contribution in [2.75, 3.05) is 18.4 Å². The molecule has 4 aromatic rings. The van der Waals surface area contributed by atoms with Crippen LogP contribution in [0.3, 0.4) is 0 Å². The molecule has 5 nitrogen and oxygen atoms in total. The highest BCUT2D eigenvalue weighted by Crippen LogP contribution is 2.24. The predicted octanol–water partition coefficient (Wildman–Crippen LogP) is 5.47. The highest BCUT2D eigenvalue weighted by atomic mass is 79.9. The lowest BCUT2D eigenvalue weighted by Gasteiger charge is -2.22. The molecular formula is C26H23BrN2O3S. The quantitative estimate of drug-likeness (QED) is 0.333. The molecule has 4 aromatic carbocycles. The van der Waals surface area contributed by atoms with Gasteiger partial charge in [0.2, 0.25) is 15.9 Å². The van der Waals surface area contributed by atoms with E-state index < -0.39 is 10.0 Å². The van der Waals surface area contributed by atoms with Gasteiger partial charge in [0.05, 0.1) is 11.4 Å². The summed E-state index contributed by atoms with van der Waals surface area (Å²) in [5.74, 6) is -0.389. The number of rotatable bonds is 8. The third-order valence-electron chi connectivity index (χ3n) is 5.33. The Morgan fingerprint density at radius 2 is 1.48 bits per heavy atom. The molecule has 7 heteroatoms. The van der Waals surface area contributed by atoms with Crippen molar-refractivity contribution in [3.05, 3.63) is 107 Å². The van der Waals surface area contributed by atoms with Crippen LogP contribution < -0.4 is 5.32 Å². The molecule has 0 spiro atoms. The summed E-state index contributed by atoms with van der Waals surface area (Å²) in [6.45, 7) is -0.0974. The number of halogens is 1. The molecule has 0 radical (unpaired) electrons. The second kappa shape index (κ2) is 10.3. The second-order valence-corrected chi connectivity index (χ2v) is 10.5. The third kappa shape index (κ3) is 5.68.